The molecule has 0 aromatic heterocycles. The molecule has 528 valence electrons. The Balaban J connectivity index is 5.10. The first-order valence-electron chi connectivity index (χ1n) is 36.5. The molecule has 3 unspecified atom stereocenters. The lowest BCUT2D eigenvalue weighted by atomic mass is 9.99. The van der Waals surface area contributed by atoms with Crippen LogP contribution in [-0.4, -0.2) is 96.7 Å². The number of hydrogen-bond acceptors (Lipinski definition) is 15. The number of hydrogen-bond donors (Lipinski definition) is 3. The second-order valence-electron chi connectivity index (χ2n) is 26.0. The van der Waals surface area contributed by atoms with Crippen LogP contribution in [0, 0.1) is 11.8 Å². The van der Waals surface area contributed by atoms with Crippen LogP contribution in [-0.2, 0) is 65.4 Å². The van der Waals surface area contributed by atoms with Gasteiger partial charge in [-0.05, 0) is 37.5 Å². The number of carbonyl (C=O) groups excluding carboxylic acids is 4. The van der Waals surface area contributed by atoms with Gasteiger partial charge in [0.1, 0.15) is 19.3 Å². The number of phosphoric acid groups is 2. The van der Waals surface area contributed by atoms with Crippen molar-refractivity contribution in [3.05, 3.63) is 0 Å². The van der Waals surface area contributed by atoms with E-state index < -0.39 is 97.5 Å². The largest absolute Gasteiger partial charge is 0.472 e. The van der Waals surface area contributed by atoms with Gasteiger partial charge in [-0.15, -0.1) is 0 Å². The van der Waals surface area contributed by atoms with Gasteiger partial charge in [0.05, 0.1) is 26.4 Å². The molecule has 0 rings (SSSR count). The van der Waals surface area contributed by atoms with E-state index in [1.165, 1.54) is 154 Å². The second-order valence-corrected chi connectivity index (χ2v) is 28.9. The number of aliphatic hydroxyl groups excluding tert-OH is 1. The van der Waals surface area contributed by atoms with Crippen LogP contribution in [0.4, 0.5) is 0 Å². The summed E-state index contributed by atoms with van der Waals surface area (Å²) in [5.41, 5.74) is 0. The van der Waals surface area contributed by atoms with E-state index >= 15 is 0 Å². The quantitative estimate of drug-likeness (QED) is 0.0222. The van der Waals surface area contributed by atoms with Crippen LogP contribution in [0.3, 0.4) is 0 Å². The highest BCUT2D eigenvalue weighted by atomic mass is 31.2. The topological polar surface area (TPSA) is 237 Å². The summed E-state index contributed by atoms with van der Waals surface area (Å²) in [6, 6.07) is 0. The molecule has 19 heteroatoms. The number of unbranched alkanes of at least 4 members (excludes halogenated alkanes) is 38. The van der Waals surface area contributed by atoms with Gasteiger partial charge in [0.15, 0.2) is 12.2 Å². The molecule has 0 bridgehead atoms. The molecule has 0 amide bonds. The highest BCUT2D eigenvalue weighted by molar-refractivity contribution is 7.47. The maximum Gasteiger partial charge on any atom is 0.472 e. The minimum Gasteiger partial charge on any atom is -0.462 e. The van der Waals surface area contributed by atoms with Crippen LogP contribution in [0.1, 0.15) is 356 Å². The zero-order valence-electron chi connectivity index (χ0n) is 57.7. The minimum absolute atomic E-state index is 0.103. The Morgan fingerprint density at radius 3 is 0.854 bits per heavy atom. The number of esters is 4. The summed E-state index contributed by atoms with van der Waals surface area (Å²) in [7, 11) is -9.88. The Bertz CT molecular complexity index is 1740. The molecule has 0 aliphatic carbocycles. The molecule has 0 aromatic carbocycles. The normalized spacial score (nSPS) is 14.4. The lowest BCUT2D eigenvalue weighted by Crippen LogP contribution is -2.30. The fraction of sp³-hybridized carbons (Fsp3) is 0.943. The van der Waals surface area contributed by atoms with Crippen molar-refractivity contribution in [1.82, 2.24) is 0 Å². The second kappa shape index (κ2) is 62.2. The molecule has 0 saturated carbocycles. The standard InChI is InChI=1S/C70H136O17P2/c1-7-10-12-14-33-42-48-54-69(74)86-65(58-80-67(72)52-46-38-13-11-8-2)60-84-88(76,77)82-56-64(71)57-83-89(78,79)85-61-66(59-81-68(73)53-47-41-36-31-27-23-20-19-22-26-30-35-40-45-51-63(6)9-3)87-70(75)55-49-43-37-32-28-24-18-16-15-17-21-25-29-34-39-44-50-62(4)5/h62-66,71H,7-61H2,1-6H3,(H,76,77)(H,78,79)/t63?,64-,65+,66+/m0/s1. The Morgan fingerprint density at radius 2 is 0.573 bits per heavy atom. The van der Waals surface area contributed by atoms with E-state index in [1.807, 2.05) is 0 Å². The van der Waals surface area contributed by atoms with Crippen LogP contribution in [0.5, 0.6) is 0 Å². The Labute approximate surface area is 543 Å². The van der Waals surface area contributed by atoms with E-state index in [1.54, 1.807) is 0 Å². The van der Waals surface area contributed by atoms with Crippen molar-refractivity contribution in [1.29, 1.82) is 0 Å². The van der Waals surface area contributed by atoms with Crippen molar-refractivity contribution in [2.45, 2.75) is 374 Å². The molecule has 3 N–H and O–H groups in total. The highest BCUT2D eigenvalue weighted by Gasteiger charge is 2.30. The summed E-state index contributed by atoms with van der Waals surface area (Å²) < 4.78 is 67.9. The average Bonchev–Trinajstić information content (AvgIpc) is 3.69. The summed E-state index contributed by atoms with van der Waals surface area (Å²) in [4.78, 5) is 72.1. The molecule has 0 radical (unpaired) electrons. The van der Waals surface area contributed by atoms with Crippen molar-refractivity contribution in [3.8, 4) is 0 Å². The Hall–Kier alpha value is -1.94. The first kappa shape index (κ1) is 87.1. The summed E-state index contributed by atoms with van der Waals surface area (Å²) in [5, 5.41) is 10.5. The fourth-order valence-electron chi connectivity index (χ4n) is 10.6. The molecule has 0 fully saturated rings. The zero-order chi connectivity index (χ0) is 65.7. The van der Waals surface area contributed by atoms with Crippen LogP contribution < -0.4 is 0 Å². The summed E-state index contributed by atoms with van der Waals surface area (Å²) in [5.74, 6) is -0.481. The van der Waals surface area contributed by atoms with Gasteiger partial charge in [-0.1, -0.05) is 305 Å². The van der Waals surface area contributed by atoms with Crippen LogP contribution >= 0.6 is 15.6 Å². The predicted molar refractivity (Wildman–Crippen MR) is 358 cm³/mol. The summed E-state index contributed by atoms with van der Waals surface area (Å²) in [6.45, 7) is 9.50. The monoisotopic (exact) mass is 1310 g/mol. The van der Waals surface area contributed by atoms with E-state index in [4.69, 9.17) is 37.0 Å². The molecule has 0 heterocycles. The van der Waals surface area contributed by atoms with Crippen molar-refractivity contribution >= 4 is 39.5 Å². The predicted octanol–water partition coefficient (Wildman–Crippen LogP) is 20.0. The first-order valence-corrected chi connectivity index (χ1v) is 39.5. The fourth-order valence-corrected chi connectivity index (χ4v) is 12.1. The number of carbonyl (C=O) groups is 4. The third kappa shape index (κ3) is 63.2. The lowest BCUT2D eigenvalue weighted by molar-refractivity contribution is -0.161. The Morgan fingerprint density at radius 1 is 0.326 bits per heavy atom. The Kier molecular flexibility index (Phi) is 60.8. The molecular formula is C70H136O17P2. The summed E-state index contributed by atoms with van der Waals surface area (Å²) >= 11 is 0. The molecule has 0 aliphatic heterocycles. The van der Waals surface area contributed by atoms with Crippen molar-refractivity contribution in [2.24, 2.45) is 11.8 Å². The summed E-state index contributed by atoms with van der Waals surface area (Å²) in [6.07, 6.45) is 47.8. The van der Waals surface area contributed by atoms with E-state index in [2.05, 4.69) is 41.5 Å². The van der Waals surface area contributed by atoms with Gasteiger partial charge >= 0.3 is 39.5 Å². The first-order chi connectivity index (χ1) is 42.9. The van der Waals surface area contributed by atoms with Crippen molar-refractivity contribution in [2.75, 3.05) is 39.6 Å². The maximum atomic E-state index is 13.0. The molecule has 0 saturated heterocycles. The number of aliphatic hydroxyl groups is 1. The molecule has 6 atom stereocenters. The van der Waals surface area contributed by atoms with Gasteiger partial charge in [-0.25, -0.2) is 9.13 Å². The zero-order valence-corrected chi connectivity index (χ0v) is 59.5. The number of rotatable bonds is 69. The van der Waals surface area contributed by atoms with Gasteiger partial charge in [0, 0.05) is 25.7 Å². The molecule has 0 spiro atoms. The third-order valence-corrected chi connectivity index (χ3v) is 18.5. The number of phosphoric ester groups is 2. The highest BCUT2D eigenvalue weighted by Crippen LogP contribution is 2.45. The average molecular weight is 1310 g/mol. The van der Waals surface area contributed by atoms with Crippen molar-refractivity contribution in [3.63, 3.8) is 0 Å². The van der Waals surface area contributed by atoms with E-state index in [9.17, 15) is 43.2 Å². The SMILES string of the molecule is CCCCCCCCCC(=O)O[C@H](COC(=O)CCCCCCC)COP(=O)(O)OC[C@H](O)COP(=O)(O)OC[C@@H](COC(=O)CCCCCCCCCCCCCCCCC(C)CC)OC(=O)CCCCCCCCCCCCCCCCCCC(C)C. The molecular weight excluding hydrogens is 1170 g/mol. The molecule has 0 aromatic rings. The van der Waals surface area contributed by atoms with Crippen LogP contribution in [0.25, 0.3) is 0 Å². The van der Waals surface area contributed by atoms with Gasteiger partial charge < -0.3 is 33.8 Å². The molecule has 17 nitrogen and oxygen atoms in total. The molecule has 89 heavy (non-hydrogen) atoms. The van der Waals surface area contributed by atoms with Gasteiger partial charge in [0.2, 0.25) is 0 Å². The van der Waals surface area contributed by atoms with Crippen LogP contribution in [0.15, 0.2) is 0 Å². The molecule has 0 aliphatic rings. The third-order valence-electron chi connectivity index (χ3n) is 16.6. The van der Waals surface area contributed by atoms with E-state index in [0.29, 0.717) is 25.7 Å². The van der Waals surface area contributed by atoms with Gasteiger partial charge in [0.25, 0.3) is 0 Å². The maximum absolute atomic E-state index is 13.0. The number of ether oxygens (including phenoxy) is 4. The van der Waals surface area contributed by atoms with E-state index in [0.717, 1.165) is 121 Å². The minimum atomic E-state index is -4.95. The smallest absolute Gasteiger partial charge is 0.462 e. The van der Waals surface area contributed by atoms with Crippen LogP contribution in [0.2, 0.25) is 0 Å². The van der Waals surface area contributed by atoms with Gasteiger partial charge in [-0.2, -0.15) is 0 Å². The van der Waals surface area contributed by atoms with E-state index in [-0.39, 0.29) is 25.7 Å². The lowest BCUT2D eigenvalue weighted by Gasteiger charge is -2.21. The van der Waals surface area contributed by atoms with Crippen molar-refractivity contribution < 1.29 is 80.2 Å². The van der Waals surface area contributed by atoms with Gasteiger partial charge in [-0.3, -0.25) is 37.3 Å².